The van der Waals surface area contributed by atoms with Crippen LogP contribution in [0, 0.1) is 22.7 Å². The van der Waals surface area contributed by atoms with E-state index in [9.17, 15) is 14.4 Å². The first kappa shape index (κ1) is 34.2. The maximum Gasteiger partial charge on any atom is 0.308 e. The fraction of sp³-hybridized carbons (Fsp3) is 0.730. The molecule has 0 unspecified atom stereocenters. The molecule has 7 heteroatoms. The summed E-state index contributed by atoms with van der Waals surface area (Å²) in [4.78, 5) is 46.7. The Morgan fingerprint density at radius 2 is 1.59 bits per heavy atom. The number of rotatable bonds is 9. The zero-order chi connectivity index (χ0) is 32.5. The Morgan fingerprint density at radius 1 is 0.977 bits per heavy atom. The van der Waals surface area contributed by atoms with Crippen LogP contribution in [0.5, 0.6) is 0 Å². The van der Waals surface area contributed by atoms with Gasteiger partial charge in [0.25, 0.3) is 11.8 Å². The molecular formula is C37H57N3O4. The minimum Gasteiger partial charge on any atom is -0.460 e. The lowest BCUT2D eigenvalue weighted by Gasteiger charge is -2.54. The van der Waals surface area contributed by atoms with Crippen LogP contribution in [0.2, 0.25) is 0 Å². The average molecular weight is 608 g/mol. The molecule has 244 valence electrons. The lowest BCUT2D eigenvalue weighted by atomic mass is 9.66. The minimum absolute atomic E-state index is 0.0820. The van der Waals surface area contributed by atoms with Crippen LogP contribution in [0.3, 0.4) is 0 Å². The zero-order valence-corrected chi connectivity index (χ0v) is 28.8. The molecule has 0 radical (unpaired) electrons. The molecule has 1 aromatic carbocycles. The molecule has 1 atom stereocenters. The monoisotopic (exact) mass is 607 g/mol. The van der Waals surface area contributed by atoms with E-state index in [1.165, 1.54) is 0 Å². The predicted octanol–water partition coefficient (Wildman–Crippen LogP) is 7.68. The van der Waals surface area contributed by atoms with Crippen molar-refractivity contribution in [2.24, 2.45) is 27.7 Å². The van der Waals surface area contributed by atoms with E-state index in [2.05, 4.69) is 51.8 Å². The molecule has 1 N–H and O–H groups in total. The van der Waals surface area contributed by atoms with Gasteiger partial charge in [0, 0.05) is 18.0 Å². The Kier molecular flexibility index (Phi) is 10.1. The molecule has 4 rings (SSSR count). The van der Waals surface area contributed by atoms with E-state index in [1.807, 2.05) is 45.0 Å². The summed E-state index contributed by atoms with van der Waals surface area (Å²) < 4.78 is 5.35. The second-order valence-electron chi connectivity index (χ2n) is 16.8. The molecule has 0 saturated heterocycles. The average Bonchev–Trinajstić information content (AvgIpc) is 3.74. The highest BCUT2D eigenvalue weighted by Crippen LogP contribution is 2.49. The fourth-order valence-corrected chi connectivity index (χ4v) is 6.91. The van der Waals surface area contributed by atoms with Crippen molar-refractivity contribution in [3.8, 4) is 0 Å². The summed E-state index contributed by atoms with van der Waals surface area (Å²) in [6.07, 6.45) is 8.24. The smallest absolute Gasteiger partial charge is 0.308 e. The van der Waals surface area contributed by atoms with Gasteiger partial charge in [0.15, 0.2) is 0 Å². The van der Waals surface area contributed by atoms with Crippen molar-refractivity contribution in [2.45, 2.75) is 137 Å². The fourth-order valence-electron chi connectivity index (χ4n) is 6.91. The van der Waals surface area contributed by atoms with Gasteiger partial charge in [0.1, 0.15) is 11.3 Å². The summed E-state index contributed by atoms with van der Waals surface area (Å²) in [5.74, 6) is 0.528. The molecule has 2 fully saturated rings. The quantitative estimate of drug-likeness (QED) is 0.292. The van der Waals surface area contributed by atoms with Crippen molar-refractivity contribution >= 4 is 23.5 Å². The van der Waals surface area contributed by atoms with Gasteiger partial charge in [0.05, 0.1) is 24.5 Å². The lowest BCUT2D eigenvalue weighted by Crippen LogP contribution is -2.62. The van der Waals surface area contributed by atoms with Gasteiger partial charge in [-0.15, -0.1) is 0 Å². The second-order valence-corrected chi connectivity index (χ2v) is 16.8. The van der Waals surface area contributed by atoms with Gasteiger partial charge in [-0.05, 0) is 107 Å². The SMILES string of the molecule is CC(C)(C)CC[C@H](c1ccc(C(=O)NCCC(=O)OC(C)(C)C)cc1)N1C(=O)C(C2CC2)=NCC12CCC(C(C)(C)C)CC2. The number of hydrogen-bond donors (Lipinski definition) is 1. The molecule has 0 aromatic heterocycles. The molecule has 1 spiro atoms. The lowest BCUT2D eigenvalue weighted by molar-refractivity contribution is -0.154. The highest BCUT2D eigenvalue weighted by Gasteiger charge is 2.52. The minimum atomic E-state index is -0.550. The Hall–Kier alpha value is -2.70. The highest BCUT2D eigenvalue weighted by atomic mass is 16.6. The summed E-state index contributed by atoms with van der Waals surface area (Å²) >= 11 is 0. The van der Waals surface area contributed by atoms with Crippen LogP contribution in [0.4, 0.5) is 0 Å². The number of nitrogens with one attached hydrogen (secondary N) is 1. The maximum absolute atomic E-state index is 14.4. The van der Waals surface area contributed by atoms with Crippen molar-refractivity contribution < 1.29 is 19.1 Å². The largest absolute Gasteiger partial charge is 0.460 e. The summed E-state index contributed by atoms with van der Waals surface area (Å²) in [7, 11) is 0. The van der Waals surface area contributed by atoms with E-state index in [0.29, 0.717) is 23.9 Å². The zero-order valence-electron chi connectivity index (χ0n) is 28.8. The van der Waals surface area contributed by atoms with Crippen LogP contribution in [0.1, 0.15) is 142 Å². The molecule has 1 aromatic rings. The van der Waals surface area contributed by atoms with Crippen LogP contribution < -0.4 is 5.32 Å². The third-order valence-corrected chi connectivity index (χ3v) is 9.67. The highest BCUT2D eigenvalue weighted by molar-refractivity contribution is 6.40. The first-order valence-electron chi connectivity index (χ1n) is 16.9. The van der Waals surface area contributed by atoms with Crippen LogP contribution in [0.15, 0.2) is 29.3 Å². The van der Waals surface area contributed by atoms with E-state index in [4.69, 9.17) is 9.73 Å². The van der Waals surface area contributed by atoms with Gasteiger partial charge in [-0.3, -0.25) is 19.4 Å². The molecule has 0 bridgehead atoms. The summed E-state index contributed by atoms with van der Waals surface area (Å²) in [5.41, 5.74) is 1.96. The summed E-state index contributed by atoms with van der Waals surface area (Å²) in [6.45, 7) is 20.2. The number of hydrogen-bond acceptors (Lipinski definition) is 5. The van der Waals surface area contributed by atoms with E-state index in [1.54, 1.807) is 0 Å². The third kappa shape index (κ3) is 8.72. The van der Waals surface area contributed by atoms with Crippen molar-refractivity contribution in [1.82, 2.24) is 10.2 Å². The Labute approximate surface area is 266 Å². The van der Waals surface area contributed by atoms with Crippen molar-refractivity contribution in [1.29, 1.82) is 0 Å². The number of carbonyl (C=O) groups is 3. The number of carbonyl (C=O) groups excluding carboxylic acids is 3. The van der Waals surface area contributed by atoms with Crippen LogP contribution >= 0.6 is 0 Å². The van der Waals surface area contributed by atoms with E-state index < -0.39 is 5.60 Å². The van der Waals surface area contributed by atoms with Gasteiger partial charge < -0.3 is 15.0 Å². The van der Waals surface area contributed by atoms with E-state index in [-0.39, 0.29) is 53.2 Å². The molecule has 44 heavy (non-hydrogen) atoms. The number of benzene rings is 1. The second kappa shape index (κ2) is 13.0. The molecule has 1 heterocycles. The number of ether oxygens (including phenoxy) is 1. The summed E-state index contributed by atoms with van der Waals surface area (Å²) in [5, 5.41) is 2.85. The number of nitrogens with zero attached hydrogens (tertiary/aromatic N) is 2. The number of esters is 1. The molecular weight excluding hydrogens is 550 g/mol. The molecule has 2 saturated carbocycles. The van der Waals surface area contributed by atoms with Gasteiger partial charge >= 0.3 is 5.97 Å². The third-order valence-electron chi connectivity index (χ3n) is 9.67. The van der Waals surface area contributed by atoms with E-state index >= 15 is 0 Å². The van der Waals surface area contributed by atoms with Crippen LogP contribution in [-0.2, 0) is 14.3 Å². The van der Waals surface area contributed by atoms with Gasteiger partial charge in [-0.1, -0.05) is 53.7 Å². The topological polar surface area (TPSA) is 88.1 Å². The van der Waals surface area contributed by atoms with Crippen molar-refractivity contribution in [3.05, 3.63) is 35.4 Å². The predicted molar refractivity (Wildman–Crippen MR) is 177 cm³/mol. The Bertz CT molecular complexity index is 1220. The Morgan fingerprint density at radius 3 is 2.11 bits per heavy atom. The van der Waals surface area contributed by atoms with Gasteiger partial charge in [0.2, 0.25) is 0 Å². The number of amides is 2. The van der Waals surface area contributed by atoms with Gasteiger partial charge in [-0.25, -0.2) is 0 Å². The molecule has 7 nitrogen and oxygen atoms in total. The standard InChI is InChI=1S/C37H57N3O4/c1-34(2,3)20-18-29(25-10-14-27(15-11-25)32(42)38-23-19-30(41)44-36(7,8)9)40-33(43)31(26-12-13-26)39-24-37(40)21-16-28(17-22-37)35(4,5)6/h10-11,14-15,26,28-29H,12-13,16-24H2,1-9H3,(H,38,42)/t28?,29-,37?/m1/s1. The van der Waals surface area contributed by atoms with Crippen molar-refractivity contribution in [3.63, 3.8) is 0 Å². The summed E-state index contributed by atoms with van der Waals surface area (Å²) in [6, 6.07) is 7.69. The molecule has 2 amide bonds. The molecule has 3 aliphatic rings. The van der Waals surface area contributed by atoms with Crippen molar-refractivity contribution in [2.75, 3.05) is 13.1 Å². The first-order valence-corrected chi connectivity index (χ1v) is 16.9. The van der Waals surface area contributed by atoms with E-state index in [0.717, 1.165) is 62.6 Å². The number of aliphatic imine (C=N–C) groups is 1. The normalized spacial score (nSPS) is 23.8. The van der Waals surface area contributed by atoms with Crippen LogP contribution in [-0.4, -0.2) is 52.6 Å². The molecule has 2 aliphatic carbocycles. The molecule has 1 aliphatic heterocycles. The Balaban J connectivity index is 1.58. The maximum atomic E-state index is 14.4. The first-order chi connectivity index (χ1) is 20.4. The van der Waals surface area contributed by atoms with Crippen LogP contribution in [0.25, 0.3) is 0 Å². The van der Waals surface area contributed by atoms with Gasteiger partial charge in [-0.2, -0.15) is 0 Å².